The second-order valence-electron chi connectivity index (χ2n) is 10.7. The third kappa shape index (κ3) is 8.16. The molecule has 4 aromatic rings. The molecule has 0 unspecified atom stereocenters. The van der Waals surface area contributed by atoms with Crippen LogP contribution >= 0.6 is 0 Å². The van der Waals surface area contributed by atoms with E-state index < -0.39 is 81.9 Å². The standard InChI is InChI=1S/C34H23F11O4/c1-2-3-4-17-15-46-32(47-16-17)20-12-26(37)30(27(38)13-20)33(41,42)48-21-6-8-22(25(36)14-21)18-5-7-23(24(35)9-18)19-10-28(39)31(29(40)11-19)49-34(43,44)45/h3-14,17,32H,2,15-16H2,1H3/b4-3+. The van der Waals surface area contributed by atoms with Gasteiger partial charge in [-0.25, -0.2) is 26.3 Å². The summed E-state index contributed by atoms with van der Waals surface area (Å²) >= 11 is 0. The molecule has 0 atom stereocenters. The van der Waals surface area contributed by atoms with Crippen LogP contribution in [0.4, 0.5) is 48.3 Å². The van der Waals surface area contributed by atoms with Crippen LogP contribution in [0.2, 0.25) is 0 Å². The Labute approximate surface area is 271 Å². The Balaban J connectivity index is 1.32. The van der Waals surface area contributed by atoms with Gasteiger partial charge in [0, 0.05) is 28.7 Å². The van der Waals surface area contributed by atoms with Crippen molar-refractivity contribution < 1.29 is 67.2 Å². The molecule has 5 rings (SSSR count). The minimum atomic E-state index is -5.40. The first kappa shape index (κ1) is 35.7. The van der Waals surface area contributed by atoms with Gasteiger partial charge < -0.3 is 18.9 Å². The van der Waals surface area contributed by atoms with Crippen LogP contribution in [0.1, 0.15) is 30.8 Å². The molecule has 0 aromatic heterocycles. The number of benzene rings is 4. The predicted octanol–water partition coefficient (Wildman–Crippen LogP) is 10.5. The summed E-state index contributed by atoms with van der Waals surface area (Å²) in [5, 5.41) is 0. The molecule has 1 heterocycles. The average Bonchev–Trinajstić information content (AvgIpc) is 3.01. The van der Waals surface area contributed by atoms with Crippen molar-refractivity contribution in [3.05, 3.63) is 119 Å². The number of alkyl halides is 5. The minimum absolute atomic E-state index is 0.0962. The highest BCUT2D eigenvalue weighted by molar-refractivity contribution is 5.72. The average molecular weight is 705 g/mol. The molecule has 0 bridgehead atoms. The molecule has 0 spiro atoms. The van der Waals surface area contributed by atoms with Crippen LogP contribution in [0, 0.1) is 40.8 Å². The normalized spacial score (nSPS) is 17.1. The van der Waals surface area contributed by atoms with Gasteiger partial charge in [-0.05, 0) is 60.0 Å². The SMILES string of the molecule is CC/C=C/C1COC(c2cc(F)c(C(F)(F)Oc3ccc(-c4ccc(-c5cc(F)c(OC(F)(F)F)c(F)c5)c(F)c4)c(F)c3)c(F)c2)OC1. The Morgan fingerprint density at radius 1 is 0.673 bits per heavy atom. The summed E-state index contributed by atoms with van der Waals surface area (Å²) in [5.74, 6) is -12.0. The molecular weight excluding hydrogens is 681 g/mol. The molecule has 1 saturated heterocycles. The third-order valence-corrected chi connectivity index (χ3v) is 7.19. The molecule has 1 aliphatic rings. The van der Waals surface area contributed by atoms with E-state index in [1.807, 2.05) is 19.1 Å². The van der Waals surface area contributed by atoms with Crippen molar-refractivity contribution in [1.82, 2.24) is 0 Å². The smallest absolute Gasteiger partial charge is 0.429 e. The zero-order valence-corrected chi connectivity index (χ0v) is 25.0. The molecule has 15 heteroatoms. The van der Waals surface area contributed by atoms with Gasteiger partial charge in [0.15, 0.2) is 17.9 Å². The Bertz CT molecular complexity index is 1820. The summed E-state index contributed by atoms with van der Waals surface area (Å²) in [6.45, 7) is 2.27. The fraction of sp³-hybridized carbons (Fsp3) is 0.235. The Morgan fingerprint density at radius 3 is 1.78 bits per heavy atom. The maximum atomic E-state index is 15.0. The molecule has 4 nitrogen and oxygen atoms in total. The van der Waals surface area contributed by atoms with Gasteiger partial charge in [0.25, 0.3) is 0 Å². The lowest BCUT2D eigenvalue weighted by molar-refractivity contribution is -0.276. The van der Waals surface area contributed by atoms with E-state index >= 15 is 13.2 Å². The summed E-state index contributed by atoms with van der Waals surface area (Å²) in [5.41, 5.74) is -3.51. The topological polar surface area (TPSA) is 36.9 Å². The molecule has 0 amide bonds. The van der Waals surface area contributed by atoms with Crippen LogP contribution in [0.15, 0.2) is 72.8 Å². The van der Waals surface area contributed by atoms with Crippen molar-refractivity contribution >= 4 is 0 Å². The fourth-order valence-corrected chi connectivity index (χ4v) is 5.00. The zero-order chi connectivity index (χ0) is 35.7. The van der Waals surface area contributed by atoms with Crippen LogP contribution < -0.4 is 9.47 Å². The maximum Gasteiger partial charge on any atom is 0.573 e. The summed E-state index contributed by atoms with van der Waals surface area (Å²) in [6.07, 6.45) is -6.70. The van der Waals surface area contributed by atoms with Crippen LogP contribution in [-0.2, 0) is 15.6 Å². The number of rotatable bonds is 9. The van der Waals surface area contributed by atoms with Gasteiger partial charge in [-0.15, -0.1) is 13.2 Å². The van der Waals surface area contributed by atoms with Crippen LogP contribution in [0.25, 0.3) is 22.3 Å². The van der Waals surface area contributed by atoms with Crippen molar-refractivity contribution in [3.8, 4) is 33.8 Å². The van der Waals surface area contributed by atoms with E-state index in [0.717, 1.165) is 30.7 Å². The third-order valence-electron chi connectivity index (χ3n) is 7.19. The predicted molar refractivity (Wildman–Crippen MR) is 152 cm³/mol. The molecular formula is C34H23F11O4. The first-order chi connectivity index (χ1) is 23.1. The molecule has 1 aliphatic heterocycles. The van der Waals surface area contributed by atoms with Gasteiger partial charge in [0.05, 0.1) is 13.2 Å². The highest BCUT2D eigenvalue weighted by Crippen LogP contribution is 2.39. The van der Waals surface area contributed by atoms with E-state index in [1.165, 1.54) is 0 Å². The summed E-state index contributed by atoms with van der Waals surface area (Å²) in [6, 6.07) is 6.92. The number of ether oxygens (including phenoxy) is 4. The Hall–Kier alpha value is -4.63. The second-order valence-corrected chi connectivity index (χ2v) is 10.7. The van der Waals surface area contributed by atoms with E-state index in [1.54, 1.807) is 0 Å². The van der Waals surface area contributed by atoms with E-state index in [2.05, 4.69) is 9.47 Å². The van der Waals surface area contributed by atoms with Gasteiger partial charge in [0.1, 0.15) is 34.6 Å². The monoisotopic (exact) mass is 704 g/mol. The molecule has 0 aliphatic carbocycles. The summed E-state index contributed by atoms with van der Waals surface area (Å²) < 4.78 is 174. The van der Waals surface area contributed by atoms with Crippen LogP contribution in [0.5, 0.6) is 11.5 Å². The highest BCUT2D eigenvalue weighted by atomic mass is 19.4. The van der Waals surface area contributed by atoms with Gasteiger partial charge in [0.2, 0.25) is 5.75 Å². The number of allylic oxidation sites excluding steroid dienone is 1. The number of halogens is 11. The van der Waals surface area contributed by atoms with Crippen molar-refractivity contribution in [1.29, 1.82) is 0 Å². The van der Waals surface area contributed by atoms with E-state index in [-0.39, 0.29) is 35.8 Å². The fourth-order valence-electron chi connectivity index (χ4n) is 5.00. The lowest BCUT2D eigenvalue weighted by Crippen LogP contribution is -2.28. The summed E-state index contributed by atoms with van der Waals surface area (Å²) in [7, 11) is 0. The van der Waals surface area contributed by atoms with Gasteiger partial charge in [-0.2, -0.15) is 8.78 Å². The first-order valence-electron chi connectivity index (χ1n) is 14.4. The molecule has 0 N–H and O–H groups in total. The van der Waals surface area contributed by atoms with Gasteiger partial charge >= 0.3 is 12.5 Å². The highest BCUT2D eigenvalue weighted by Gasteiger charge is 2.42. The number of hydrogen-bond donors (Lipinski definition) is 0. The molecule has 260 valence electrons. The molecule has 1 fully saturated rings. The largest absolute Gasteiger partial charge is 0.573 e. The summed E-state index contributed by atoms with van der Waals surface area (Å²) in [4.78, 5) is 0. The van der Waals surface area contributed by atoms with E-state index in [4.69, 9.17) is 9.47 Å². The molecule has 0 saturated carbocycles. The molecule has 4 aromatic carbocycles. The van der Waals surface area contributed by atoms with Crippen molar-refractivity contribution in [3.63, 3.8) is 0 Å². The minimum Gasteiger partial charge on any atom is -0.429 e. The van der Waals surface area contributed by atoms with Gasteiger partial charge in [-0.3, -0.25) is 0 Å². The Morgan fingerprint density at radius 2 is 1.22 bits per heavy atom. The lowest BCUT2D eigenvalue weighted by atomic mass is 9.99. The van der Waals surface area contributed by atoms with E-state index in [0.29, 0.717) is 36.4 Å². The van der Waals surface area contributed by atoms with Crippen molar-refractivity contribution in [2.45, 2.75) is 32.1 Å². The molecule has 0 radical (unpaired) electrons. The van der Waals surface area contributed by atoms with Crippen LogP contribution in [0.3, 0.4) is 0 Å². The van der Waals surface area contributed by atoms with E-state index in [9.17, 15) is 35.1 Å². The van der Waals surface area contributed by atoms with Gasteiger partial charge in [-0.1, -0.05) is 31.2 Å². The second kappa shape index (κ2) is 14.1. The zero-order valence-electron chi connectivity index (χ0n) is 25.0. The van der Waals surface area contributed by atoms with Crippen LogP contribution in [-0.4, -0.2) is 19.6 Å². The lowest BCUT2D eigenvalue weighted by Gasteiger charge is -2.28. The van der Waals surface area contributed by atoms with Crippen molar-refractivity contribution in [2.24, 2.45) is 5.92 Å². The maximum absolute atomic E-state index is 15.0. The molecule has 49 heavy (non-hydrogen) atoms. The Kier molecular flexibility index (Phi) is 10.2. The van der Waals surface area contributed by atoms with Crippen molar-refractivity contribution in [2.75, 3.05) is 13.2 Å². The quantitative estimate of drug-likeness (QED) is 0.128. The first-order valence-corrected chi connectivity index (χ1v) is 14.4. The number of hydrogen-bond acceptors (Lipinski definition) is 4.